The third kappa shape index (κ3) is 3.52. The molecule has 3 nitrogen and oxygen atoms in total. The van der Waals surface area contributed by atoms with E-state index in [2.05, 4.69) is 48.1 Å². The second-order valence-corrected chi connectivity index (χ2v) is 8.24. The summed E-state index contributed by atoms with van der Waals surface area (Å²) in [6, 6.07) is 8.59. The first-order valence-electron chi connectivity index (χ1n) is 7.92. The van der Waals surface area contributed by atoms with Crippen LogP contribution in [0, 0.1) is 20.8 Å². The van der Waals surface area contributed by atoms with Crippen LogP contribution in [0.1, 0.15) is 29.6 Å². The highest BCUT2D eigenvalue weighted by Gasteiger charge is 2.18. The second-order valence-electron chi connectivity index (χ2n) is 5.96. The van der Waals surface area contributed by atoms with E-state index in [-0.39, 0.29) is 5.78 Å². The van der Waals surface area contributed by atoms with Gasteiger partial charge in [-0.25, -0.2) is 9.97 Å². The van der Waals surface area contributed by atoms with Crippen molar-refractivity contribution in [2.45, 2.75) is 39.1 Å². The van der Waals surface area contributed by atoms with Gasteiger partial charge in [0, 0.05) is 22.6 Å². The average Bonchev–Trinajstić information content (AvgIpc) is 2.83. The molecule has 0 saturated carbocycles. The van der Waals surface area contributed by atoms with Gasteiger partial charge in [-0.1, -0.05) is 29.8 Å². The van der Waals surface area contributed by atoms with Gasteiger partial charge in [0.05, 0.1) is 5.39 Å². The number of fused-ring (bicyclic) bond motifs is 1. The Kier molecular flexibility index (Phi) is 5.01. The molecular weight excluding hydrogens is 336 g/mol. The lowest BCUT2D eigenvalue weighted by molar-refractivity contribution is -0.116. The van der Waals surface area contributed by atoms with Crippen molar-refractivity contribution in [1.82, 2.24) is 9.97 Å². The third-order valence-electron chi connectivity index (χ3n) is 3.84. The Morgan fingerprint density at radius 2 is 1.83 bits per heavy atom. The minimum absolute atomic E-state index is 0.213. The van der Waals surface area contributed by atoms with Gasteiger partial charge < -0.3 is 0 Å². The number of Topliss-reactive ketones (excluding diaryl/α,β-unsaturated/α-hetero) is 1. The van der Waals surface area contributed by atoms with Gasteiger partial charge in [0.15, 0.2) is 0 Å². The monoisotopic (exact) mass is 356 g/mol. The maximum atomic E-state index is 11.2. The number of rotatable bonds is 5. The van der Waals surface area contributed by atoms with E-state index in [0.717, 1.165) is 26.8 Å². The zero-order valence-electron chi connectivity index (χ0n) is 14.3. The van der Waals surface area contributed by atoms with Crippen LogP contribution in [0.3, 0.4) is 0 Å². The summed E-state index contributed by atoms with van der Waals surface area (Å²) in [4.78, 5) is 22.8. The van der Waals surface area contributed by atoms with Gasteiger partial charge in [-0.15, -0.1) is 23.1 Å². The van der Waals surface area contributed by atoms with Crippen molar-refractivity contribution in [3.05, 3.63) is 40.5 Å². The minimum Gasteiger partial charge on any atom is -0.300 e. The first kappa shape index (κ1) is 17.1. The van der Waals surface area contributed by atoms with Crippen LogP contribution in [-0.2, 0) is 4.79 Å². The van der Waals surface area contributed by atoms with Crippen LogP contribution < -0.4 is 0 Å². The molecule has 0 bridgehead atoms. The largest absolute Gasteiger partial charge is 0.300 e. The van der Waals surface area contributed by atoms with Gasteiger partial charge in [0.2, 0.25) is 0 Å². The van der Waals surface area contributed by atoms with Crippen LogP contribution in [0.15, 0.2) is 29.3 Å². The van der Waals surface area contributed by atoms with Crippen molar-refractivity contribution in [3.63, 3.8) is 0 Å². The maximum Gasteiger partial charge on any atom is 0.130 e. The molecule has 2 heterocycles. The summed E-state index contributed by atoms with van der Waals surface area (Å²) in [5.74, 6) is 1.75. The molecular formula is C19H20N2OS2. The number of nitrogens with zero attached hydrogens (tertiary/aromatic N) is 2. The Bertz CT molecular complexity index is 898. The van der Waals surface area contributed by atoms with Gasteiger partial charge in [-0.3, -0.25) is 4.79 Å². The van der Waals surface area contributed by atoms with Crippen LogP contribution in [0.2, 0.25) is 0 Å². The lowest BCUT2D eigenvalue weighted by Crippen LogP contribution is -1.95. The number of aryl methyl sites for hydroxylation is 3. The predicted molar refractivity (Wildman–Crippen MR) is 103 cm³/mol. The highest BCUT2D eigenvalue weighted by Crippen LogP contribution is 2.41. The Balaban J connectivity index is 2.13. The lowest BCUT2D eigenvalue weighted by Gasteiger charge is -2.07. The Hall–Kier alpha value is -1.72. The Morgan fingerprint density at radius 3 is 2.50 bits per heavy atom. The number of carbonyl (C=O) groups excluding carboxylic acids is 1. The highest BCUT2D eigenvalue weighted by molar-refractivity contribution is 7.99. The summed E-state index contributed by atoms with van der Waals surface area (Å²) in [6.07, 6.45) is 0.568. The third-order valence-corrected chi connectivity index (χ3v) is 5.82. The van der Waals surface area contributed by atoms with Crippen molar-refractivity contribution in [2.24, 2.45) is 0 Å². The van der Waals surface area contributed by atoms with Gasteiger partial charge in [0.25, 0.3) is 0 Å². The summed E-state index contributed by atoms with van der Waals surface area (Å²) in [5.41, 5.74) is 3.67. The summed E-state index contributed by atoms with van der Waals surface area (Å²) in [5, 5.41) is 2.11. The molecule has 0 saturated heterocycles. The summed E-state index contributed by atoms with van der Waals surface area (Å²) < 4.78 is 0. The quantitative estimate of drug-likeness (QED) is 0.456. The van der Waals surface area contributed by atoms with E-state index in [1.54, 1.807) is 30.0 Å². The summed E-state index contributed by atoms with van der Waals surface area (Å²) in [6.45, 7) is 7.79. The van der Waals surface area contributed by atoms with Gasteiger partial charge in [0.1, 0.15) is 21.5 Å². The first-order valence-corrected chi connectivity index (χ1v) is 9.73. The van der Waals surface area contributed by atoms with Gasteiger partial charge in [-0.2, -0.15) is 0 Å². The molecule has 0 amide bonds. The number of hydrogen-bond donors (Lipinski definition) is 0. The van der Waals surface area contributed by atoms with Crippen molar-refractivity contribution < 1.29 is 4.79 Å². The van der Waals surface area contributed by atoms with E-state index in [9.17, 15) is 4.79 Å². The number of carbonyl (C=O) groups is 1. The standard InChI is InChI=1S/C19H20N2OS2/c1-11-5-7-15(8-6-11)16-13(3)24-19-17(16)18(20-14(4)21-19)23-10-9-12(2)22/h5-8H,9-10H2,1-4H3. The number of thiophene rings is 1. The number of ketones is 1. The number of thioether (sulfide) groups is 1. The summed E-state index contributed by atoms with van der Waals surface area (Å²) >= 11 is 3.37. The SMILES string of the molecule is CC(=O)CCSc1nc(C)nc2sc(C)c(-c3ccc(C)cc3)c12. The molecule has 0 radical (unpaired) electrons. The molecule has 0 aliphatic rings. The van der Waals surface area contributed by atoms with E-state index in [1.165, 1.54) is 21.6 Å². The molecule has 0 fully saturated rings. The molecule has 0 N–H and O–H groups in total. The molecule has 5 heteroatoms. The van der Waals surface area contributed by atoms with Crippen molar-refractivity contribution in [3.8, 4) is 11.1 Å². The number of aromatic nitrogens is 2. The van der Waals surface area contributed by atoms with Crippen LogP contribution in [0.25, 0.3) is 21.3 Å². The zero-order valence-corrected chi connectivity index (χ0v) is 16.0. The molecule has 0 spiro atoms. The van der Waals surface area contributed by atoms with Crippen LogP contribution in [0.4, 0.5) is 0 Å². The normalized spacial score (nSPS) is 11.2. The van der Waals surface area contributed by atoms with E-state index in [0.29, 0.717) is 6.42 Å². The van der Waals surface area contributed by atoms with Crippen molar-refractivity contribution >= 4 is 39.1 Å². The fourth-order valence-corrected chi connectivity index (χ4v) is 4.92. The maximum absolute atomic E-state index is 11.2. The first-order chi connectivity index (χ1) is 11.5. The average molecular weight is 357 g/mol. The van der Waals surface area contributed by atoms with Crippen molar-refractivity contribution in [1.29, 1.82) is 0 Å². The fourth-order valence-electron chi connectivity index (χ4n) is 2.65. The van der Waals surface area contributed by atoms with E-state index < -0.39 is 0 Å². The van der Waals surface area contributed by atoms with E-state index >= 15 is 0 Å². The molecule has 124 valence electrons. The van der Waals surface area contributed by atoms with Gasteiger partial charge in [-0.05, 0) is 33.3 Å². The minimum atomic E-state index is 0.213. The molecule has 3 rings (SSSR count). The zero-order chi connectivity index (χ0) is 17.3. The van der Waals surface area contributed by atoms with E-state index in [1.807, 2.05) is 6.92 Å². The van der Waals surface area contributed by atoms with Crippen molar-refractivity contribution in [2.75, 3.05) is 5.75 Å². The van der Waals surface area contributed by atoms with Gasteiger partial charge >= 0.3 is 0 Å². The smallest absolute Gasteiger partial charge is 0.130 e. The fraction of sp³-hybridized carbons (Fsp3) is 0.316. The van der Waals surface area contributed by atoms with Crippen LogP contribution >= 0.6 is 23.1 Å². The number of hydrogen-bond acceptors (Lipinski definition) is 5. The second kappa shape index (κ2) is 7.03. The Morgan fingerprint density at radius 1 is 1.12 bits per heavy atom. The molecule has 2 aromatic heterocycles. The molecule has 3 aromatic rings. The van der Waals surface area contributed by atoms with Crippen LogP contribution in [-0.4, -0.2) is 21.5 Å². The van der Waals surface area contributed by atoms with Crippen LogP contribution in [0.5, 0.6) is 0 Å². The van der Waals surface area contributed by atoms with E-state index in [4.69, 9.17) is 0 Å². The molecule has 0 aliphatic carbocycles. The number of benzene rings is 1. The predicted octanol–water partition coefficient (Wildman–Crippen LogP) is 5.35. The molecule has 24 heavy (non-hydrogen) atoms. The highest BCUT2D eigenvalue weighted by atomic mass is 32.2. The molecule has 0 aliphatic heterocycles. The molecule has 0 unspecified atom stereocenters. The molecule has 0 atom stereocenters. The molecule has 1 aromatic carbocycles. The summed E-state index contributed by atoms with van der Waals surface area (Å²) in [7, 11) is 0. The Labute approximate surface area is 150 Å². The topological polar surface area (TPSA) is 42.9 Å². The lowest BCUT2D eigenvalue weighted by atomic mass is 10.0.